The highest BCUT2D eigenvalue weighted by Gasteiger charge is 2.26. The molecule has 2 heterocycles. The fraction of sp³-hybridized carbons (Fsp3) is 0.444. The number of carbonyl (C=O) groups excluding carboxylic acids is 1. The lowest BCUT2D eigenvalue weighted by Gasteiger charge is -2.23. The number of nitrogens with two attached hydrogens (primary N) is 1. The average Bonchev–Trinajstić information content (AvgIpc) is 3.01. The van der Waals surface area contributed by atoms with Crippen LogP contribution in [0.5, 0.6) is 5.75 Å². The first kappa shape index (κ1) is 16.5. The molecule has 3 N–H and O–H groups in total. The van der Waals surface area contributed by atoms with E-state index in [2.05, 4.69) is 16.8 Å². The van der Waals surface area contributed by atoms with Crippen molar-refractivity contribution >= 4 is 16.8 Å². The maximum absolute atomic E-state index is 12.7. The van der Waals surface area contributed by atoms with Crippen LogP contribution in [0.4, 0.5) is 0 Å². The van der Waals surface area contributed by atoms with Gasteiger partial charge in [0.15, 0.2) is 0 Å². The molecule has 1 aliphatic rings. The molecule has 1 atom stereocenters. The number of benzene rings is 1. The first-order valence-corrected chi connectivity index (χ1v) is 8.32. The highest BCUT2D eigenvalue weighted by molar-refractivity contribution is 5.97. The van der Waals surface area contributed by atoms with Crippen LogP contribution in [-0.2, 0) is 6.42 Å². The summed E-state index contributed by atoms with van der Waals surface area (Å²) in [5, 5.41) is 0.451. The number of likely N-dealkylation sites (tertiary alicyclic amines) is 1. The van der Waals surface area contributed by atoms with E-state index in [9.17, 15) is 9.59 Å². The molecule has 1 aromatic heterocycles. The molecule has 24 heavy (non-hydrogen) atoms. The van der Waals surface area contributed by atoms with Gasteiger partial charge in [0.25, 0.3) is 5.91 Å². The molecule has 0 bridgehead atoms. The maximum atomic E-state index is 12.7. The maximum Gasteiger partial charge on any atom is 0.254 e. The van der Waals surface area contributed by atoms with Crippen LogP contribution >= 0.6 is 0 Å². The van der Waals surface area contributed by atoms with Crippen LogP contribution in [-0.4, -0.2) is 42.0 Å². The minimum atomic E-state index is -0.676. The van der Waals surface area contributed by atoms with E-state index >= 15 is 0 Å². The van der Waals surface area contributed by atoms with E-state index < -0.39 is 5.91 Å². The largest absolute Gasteiger partial charge is 0.497 e. The van der Waals surface area contributed by atoms with Gasteiger partial charge in [-0.2, -0.15) is 0 Å². The summed E-state index contributed by atoms with van der Waals surface area (Å²) in [5.41, 5.74) is 6.57. The molecule has 6 heteroatoms. The van der Waals surface area contributed by atoms with Gasteiger partial charge in [0.05, 0.1) is 12.6 Å². The Morgan fingerprint density at radius 2 is 2.25 bits per heavy atom. The van der Waals surface area contributed by atoms with Crippen molar-refractivity contribution in [3.63, 3.8) is 0 Å². The summed E-state index contributed by atoms with van der Waals surface area (Å²) in [6.45, 7) is 4.14. The third kappa shape index (κ3) is 2.89. The van der Waals surface area contributed by atoms with Crippen LogP contribution in [0.2, 0.25) is 0 Å². The molecular weight excluding hydrogens is 306 g/mol. The number of carbonyl (C=O) groups is 1. The second-order valence-electron chi connectivity index (χ2n) is 6.21. The summed E-state index contributed by atoms with van der Waals surface area (Å²) in [4.78, 5) is 30.3. The number of nitrogens with one attached hydrogen (secondary N) is 1. The normalized spacial score (nSPS) is 18.2. The van der Waals surface area contributed by atoms with Crippen molar-refractivity contribution in [3.8, 4) is 5.75 Å². The molecule has 0 aliphatic carbocycles. The first-order chi connectivity index (χ1) is 11.5. The van der Waals surface area contributed by atoms with Crippen molar-refractivity contribution in [2.75, 3.05) is 20.2 Å². The van der Waals surface area contributed by atoms with Gasteiger partial charge in [-0.05, 0) is 38.1 Å². The zero-order valence-corrected chi connectivity index (χ0v) is 14.1. The number of hydrogen-bond acceptors (Lipinski definition) is 4. The van der Waals surface area contributed by atoms with Crippen molar-refractivity contribution in [2.45, 2.75) is 32.2 Å². The summed E-state index contributed by atoms with van der Waals surface area (Å²) in [5.74, 6) is -0.0167. The minimum absolute atomic E-state index is 0.0793. The third-order valence-corrected chi connectivity index (χ3v) is 4.88. The highest BCUT2D eigenvalue weighted by atomic mass is 16.5. The number of nitrogens with zero attached hydrogens (tertiary/aromatic N) is 1. The standard InChI is InChI=1S/C18H23N3O3/c1-3-21-8-4-5-11(21)9-15-16(18(19)23)17(22)13-7-6-12(24-2)10-14(13)20-15/h6-7,10-11H,3-5,8-9H2,1-2H3,(H2,19,23)(H,20,22). The Balaban J connectivity index is 2.12. The molecule has 1 saturated heterocycles. The van der Waals surface area contributed by atoms with Crippen LogP contribution < -0.4 is 15.9 Å². The summed E-state index contributed by atoms with van der Waals surface area (Å²) >= 11 is 0. The Hall–Kier alpha value is -2.34. The molecule has 1 amide bonds. The summed E-state index contributed by atoms with van der Waals surface area (Å²) < 4.78 is 5.23. The zero-order valence-electron chi connectivity index (χ0n) is 14.1. The number of fused-ring (bicyclic) bond motifs is 1. The SMILES string of the molecule is CCN1CCCC1Cc1[nH]c2cc(OC)ccc2c(=O)c1C(N)=O. The van der Waals surface area contributed by atoms with E-state index in [-0.39, 0.29) is 11.0 Å². The molecule has 1 unspecified atom stereocenters. The molecule has 6 nitrogen and oxygen atoms in total. The van der Waals surface area contributed by atoms with Gasteiger partial charge in [-0.3, -0.25) is 9.59 Å². The molecule has 1 fully saturated rings. The fourth-order valence-corrected chi connectivity index (χ4v) is 3.64. The number of methoxy groups -OCH3 is 1. The van der Waals surface area contributed by atoms with Gasteiger partial charge >= 0.3 is 0 Å². The molecule has 0 spiro atoms. The lowest BCUT2D eigenvalue weighted by molar-refractivity contribution is 0.0997. The van der Waals surface area contributed by atoms with Gasteiger partial charge in [-0.15, -0.1) is 0 Å². The number of H-pyrrole nitrogens is 1. The van der Waals surface area contributed by atoms with E-state index in [1.807, 2.05) is 0 Å². The third-order valence-electron chi connectivity index (χ3n) is 4.88. The molecule has 1 aromatic carbocycles. The zero-order chi connectivity index (χ0) is 17.3. The molecule has 2 aromatic rings. The Bertz CT molecular complexity index is 828. The average molecular weight is 329 g/mol. The minimum Gasteiger partial charge on any atom is -0.497 e. The van der Waals surface area contributed by atoms with Crippen molar-refractivity contribution in [1.82, 2.24) is 9.88 Å². The number of ether oxygens (including phenoxy) is 1. The van der Waals surface area contributed by atoms with E-state index in [0.717, 1.165) is 25.9 Å². The smallest absolute Gasteiger partial charge is 0.254 e. The Morgan fingerprint density at radius 1 is 1.46 bits per heavy atom. The van der Waals surface area contributed by atoms with Crippen LogP contribution in [0, 0.1) is 0 Å². The fourth-order valence-electron chi connectivity index (χ4n) is 3.64. The first-order valence-electron chi connectivity index (χ1n) is 8.32. The molecule has 3 rings (SSSR count). The van der Waals surface area contributed by atoms with Gasteiger partial charge in [0.2, 0.25) is 5.43 Å². The van der Waals surface area contributed by atoms with Gasteiger partial charge in [-0.1, -0.05) is 6.92 Å². The summed E-state index contributed by atoms with van der Waals surface area (Å²) in [7, 11) is 1.58. The van der Waals surface area contributed by atoms with E-state index in [0.29, 0.717) is 34.8 Å². The van der Waals surface area contributed by atoms with Crippen LogP contribution in [0.25, 0.3) is 10.9 Å². The number of aromatic amines is 1. The van der Waals surface area contributed by atoms with Crippen molar-refractivity contribution in [1.29, 1.82) is 0 Å². The number of amides is 1. The lowest BCUT2D eigenvalue weighted by atomic mass is 10.0. The molecular formula is C18H23N3O3. The Kier molecular flexibility index (Phi) is 4.57. The quantitative estimate of drug-likeness (QED) is 0.873. The second kappa shape index (κ2) is 6.65. The van der Waals surface area contributed by atoms with Crippen LogP contribution in [0.3, 0.4) is 0 Å². The number of rotatable bonds is 5. The van der Waals surface area contributed by atoms with Crippen molar-refractivity contribution < 1.29 is 9.53 Å². The molecule has 0 radical (unpaired) electrons. The van der Waals surface area contributed by atoms with Gasteiger partial charge in [0, 0.05) is 29.6 Å². The number of likely N-dealkylation sites (N-methyl/N-ethyl adjacent to an activating group) is 1. The molecule has 128 valence electrons. The number of aromatic nitrogens is 1. The lowest BCUT2D eigenvalue weighted by Crippen LogP contribution is -2.33. The van der Waals surface area contributed by atoms with Crippen LogP contribution in [0.1, 0.15) is 35.8 Å². The molecule has 0 saturated carbocycles. The predicted molar refractivity (Wildman–Crippen MR) is 93.6 cm³/mol. The van der Waals surface area contributed by atoms with Crippen molar-refractivity contribution in [2.24, 2.45) is 5.73 Å². The van der Waals surface area contributed by atoms with Crippen LogP contribution in [0.15, 0.2) is 23.0 Å². The number of pyridine rings is 1. The Labute approximate surface area is 140 Å². The van der Waals surface area contributed by atoms with E-state index in [1.165, 1.54) is 0 Å². The monoisotopic (exact) mass is 329 g/mol. The number of primary amides is 1. The van der Waals surface area contributed by atoms with E-state index in [4.69, 9.17) is 10.5 Å². The summed E-state index contributed by atoms with van der Waals surface area (Å²) in [6, 6.07) is 5.47. The number of hydrogen-bond donors (Lipinski definition) is 2. The van der Waals surface area contributed by atoms with E-state index in [1.54, 1.807) is 25.3 Å². The molecule has 1 aliphatic heterocycles. The van der Waals surface area contributed by atoms with Crippen molar-refractivity contribution in [3.05, 3.63) is 39.7 Å². The highest BCUT2D eigenvalue weighted by Crippen LogP contribution is 2.23. The predicted octanol–water partition coefficient (Wildman–Crippen LogP) is 1.66. The summed E-state index contributed by atoms with van der Waals surface area (Å²) in [6.07, 6.45) is 2.81. The van der Waals surface area contributed by atoms with Gasteiger partial charge < -0.3 is 20.4 Å². The second-order valence-corrected chi connectivity index (χ2v) is 6.21. The topological polar surface area (TPSA) is 88.4 Å². The van der Waals surface area contributed by atoms with Gasteiger partial charge in [0.1, 0.15) is 11.3 Å². The van der Waals surface area contributed by atoms with Gasteiger partial charge in [-0.25, -0.2) is 0 Å². The Morgan fingerprint density at radius 3 is 2.92 bits per heavy atom.